The Hall–Kier alpha value is -3.35. The number of carbonyl (C=O) groups is 3. The Kier molecular flexibility index (Phi) is 5.56. The van der Waals surface area contributed by atoms with Crippen LogP contribution >= 0.6 is 0 Å². The monoisotopic (exact) mass is 448 g/mol. The smallest absolute Gasteiger partial charge is 0.262 e. The molecule has 3 aliphatic rings. The predicted molar refractivity (Wildman–Crippen MR) is 121 cm³/mol. The fraction of sp³-hybridized carbons (Fsp3) is 0.423. The minimum Gasteiger partial charge on any atom is -0.493 e. The van der Waals surface area contributed by atoms with Crippen LogP contribution in [0.15, 0.2) is 42.5 Å². The van der Waals surface area contributed by atoms with E-state index in [0.717, 1.165) is 17.2 Å². The summed E-state index contributed by atoms with van der Waals surface area (Å²) in [6.45, 7) is 0. The lowest BCUT2D eigenvalue weighted by Crippen LogP contribution is -2.36. The van der Waals surface area contributed by atoms with Crippen molar-refractivity contribution in [3.05, 3.63) is 59.2 Å². The number of fused-ring (bicyclic) bond motifs is 3. The topological polar surface area (TPSA) is 98.9 Å². The van der Waals surface area contributed by atoms with Gasteiger partial charge >= 0.3 is 0 Å². The number of imide groups is 1. The maximum Gasteiger partial charge on any atom is 0.262 e. The molecule has 2 aromatic rings. The molecule has 0 saturated heterocycles. The number of hydrogen-bond donors (Lipinski definition) is 1. The van der Waals surface area contributed by atoms with Gasteiger partial charge in [0.15, 0.2) is 11.5 Å². The average molecular weight is 449 g/mol. The number of ether oxygens (including phenoxy) is 2. The van der Waals surface area contributed by atoms with Crippen LogP contribution in [0.25, 0.3) is 0 Å². The van der Waals surface area contributed by atoms with Crippen LogP contribution < -0.4 is 15.2 Å². The number of carbonyl (C=O) groups excluding carboxylic acids is 3. The van der Waals surface area contributed by atoms with Gasteiger partial charge in [0.1, 0.15) is 6.10 Å². The fourth-order valence-corrected chi connectivity index (χ4v) is 5.70. The summed E-state index contributed by atoms with van der Waals surface area (Å²) in [4.78, 5) is 39.3. The number of nitrogens with two attached hydrogens (primary N) is 1. The van der Waals surface area contributed by atoms with E-state index in [9.17, 15) is 14.4 Å². The van der Waals surface area contributed by atoms with Crippen molar-refractivity contribution in [2.75, 3.05) is 7.11 Å². The van der Waals surface area contributed by atoms with E-state index in [1.807, 2.05) is 0 Å². The van der Waals surface area contributed by atoms with Crippen molar-refractivity contribution in [3.8, 4) is 11.5 Å². The minimum atomic E-state index is -0.828. The molecule has 7 nitrogen and oxygen atoms in total. The van der Waals surface area contributed by atoms with E-state index in [1.165, 1.54) is 25.7 Å². The van der Waals surface area contributed by atoms with E-state index in [0.29, 0.717) is 34.1 Å². The number of benzene rings is 2. The first-order valence-corrected chi connectivity index (χ1v) is 11.6. The maximum absolute atomic E-state index is 13.1. The van der Waals surface area contributed by atoms with Crippen LogP contribution in [0.5, 0.6) is 11.5 Å². The van der Waals surface area contributed by atoms with Gasteiger partial charge in [0.25, 0.3) is 11.8 Å². The zero-order chi connectivity index (χ0) is 23.1. The van der Waals surface area contributed by atoms with Crippen molar-refractivity contribution in [2.24, 2.45) is 17.6 Å². The van der Waals surface area contributed by atoms with E-state index in [2.05, 4.69) is 0 Å². The Morgan fingerprint density at radius 1 is 1.03 bits per heavy atom. The van der Waals surface area contributed by atoms with Gasteiger partial charge in [-0.3, -0.25) is 19.3 Å². The van der Waals surface area contributed by atoms with Gasteiger partial charge in [0.2, 0.25) is 5.91 Å². The third-order valence-corrected chi connectivity index (χ3v) is 7.35. The highest BCUT2D eigenvalue weighted by molar-refractivity contribution is 6.21. The third kappa shape index (κ3) is 3.86. The van der Waals surface area contributed by atoms with Crippen LogP contribution in [0, 0.1) is 11.8 Å². The molecule has 0 radical (unpaired) electrons. The summed E-state index contributed by atoms with van der Waals surface area (Å²) in [6, 6.07) is 11.2. The molecule has 2 fully saturated rings. The van der Waals surface area contributed by atoms with Crippen molar-refractivity contribution in [1.29, 1.82) is 0 Å². The van der Waals surface area contributed by atoms with Crippen LogP contribution in [0.2, 0.25) is 0 Å². The Morgan fingerprint density at radius 2 is 1.73 bits per heavy atom. The van der Waals surface area contributed by atoms with Gasteiger partial charge in [-0.25, -0.2) is 0 Å². The molecule has 0 spiro atoms. The number of nitrogens with zero attached hydrogens (tertiary/aromatic N) is 1. The Balaban J connectivity index is 1.49. The highest BCUT2D eigenvalue weighted by Crippen LogP contribution is 2.45. The van der Waals surface area contributed by atoms with Crippen LogP contribution in [-0.2, 0) is 4.79 Å². The van der Waals surface area contributed by atoms with Gasteiger partial charge in [-0.05, 0) is 67.3 Å². The lowest BCUT2D eigenvalue weighted by molar-refractivity contribution is -0.118. The van der Waals surface area contributed by atoms with Crippen molar-refractivity contribution in [1.82, 2.24) is 4.90 Å². The molecular formula is C26H28N2O5. The van der Waals surface area contributed by atoms with Crippen LogP contribution in [0.4, 0.5) is 0 Å². The van der Waals surface area contributed by atoms with Crippen molar-refractivity contribution < 1.29 is 23.9 Å². The highest BCUT2D eigenvalue weighted by atomic mass is 16.5. The molecule has 33 heavy (non-hydrogen) atoms. The second-order valence-electron chi connectivity index (χ2n) is 9.30. The number of amides is 3. The first-order chi connectivity index (χ1) is 16.0. The highest BCUT2D eigenvalue weighted by Gasteiger charge is 2.41. The molecule has 5 rings (SSSR count). The van der Waals surface area contributed by atoms with E-state index < -0.39 is 23.8 Å². The molecular weight excluding hydrogens is 420 g/mol. The van der Waals surface area contributed by atoms with Crippen molar-refractivity contribution >= 4 is 17.7 Å². The molecule has 4 unspecified atom stereocenters. The SMILES string of the molecule is COc1ccc(C(CC(N)=O)N2C(=O)c3ccccc3C2=O)cc1OC1CCC2CCC1C2. The summed E-state index contributed by atoms with van der Waals surface area (Å²) in [7, 11) is 1.58. The van der Waals surface area contributed by atoms with E-state index in [4.69, 9.17) is 15.2 Å². The van der Waals surface area contributed by atoms with Crippen LogP contribution in [0.1, 0.15) is 70.8 Å². The van der Waals surface area contributed by atoms with E-state index in [1.54, 1.807) is 49.6 Å². The molecule has 2 N–H and O–H groups in total. The van der Waals surface area contributed by atoms with Gasteiger partial charge in [0, 0.05) is 0 Å². The number of rotatable bonds is 7. The molecule has 2 aliphatic carbocycles. The molecule has 2 bridgehead atoms. The summed E-state index contributed by atoms with van der Waals surface area (Å²) in [6.07, 6.45) is 5.76. The second kappa shape index (κ2) is 8.54. The Bertz CT molecular complexity index is 1080. The standard InChI is InChI=1S/C26H28N2O5/c1-32-22-11-9-16(13-23(22)33-21-10-7-15-6-8-17(21)12-15)20(14-24(27)29)28-25(30)18-4-2-3-5-19(18)26(28)31/h2-5,9,11,13,15,17,20-21H,6-8,10,12,14H2,1H3,(H2,27,29). The molecule has 0 aromatic heterocycles. The quantitative estimate of drug-likeness (QED) is 0.649. The Morgan fingerprint density at radius 3 is 2.39 bits per heavy atom. The summed E-state index contributed by atoms with van der Waals surface area (Å²) < 4.78 is 12.0. The Labute approximate surface area is 192 Å². The molecule has 172 valence electrons. The lowest BCUT2D eigenvalue weighted by Gasteiger charge is -2.31. The van der Waals surface area contributed by atoms with Gasteiger partial charge in [-0.1, -0.05) is 24.6 Å². The number of methoxy groups -OCH3 is 1. The van der Waals surface area contributed by atoms with Gasteiger partial charge in [0.05, 0.1) is 30.7 Å². The zero-order valence-electron chi connectivity index (χ0n) is 18.7. The summed E-state index contributed by atoms with van der Waals surface area (Å²) in [5.41, 5.74) is 6.81. The normalized spacial score (nSPS) is 24.5. The summed E-state index contributed by atoms with van der Waals surface area (Å²) in [5.74, 6) is 1.05. The predicted octanol–water partition coefficient (Wildman–Crippen LogP) is 3.87. The van der Waals surface area contributed by atoms with Gasteiger partial charge in [-0.15, -0.1) is 0 Å². The molecule has 2 aromatic carbocycles. The molecule has 2 saturated carbocycles. The minimum absolute atomic E-state index is 0.113. The average Bonchev–Trinajstić information content (AvgIpc) is 3.32. The number of hydrogen-bond acceptors (Lipinski definition) is 5. The van der Waals surface area contributed by atoms with Gasteiger partial charge < -0.3 is 15.2 Å². The van der Waals surface area contributed by atoms with Crippen LogP contribution in [0.3, 0.4) is 0 Å². The molecule has 1 aliphatic heterocycles. The zero-order valence-corrected chi connectivity index (χ0v) is 18.7. The number of primary amides is 1. The first kappa shape index (κ1) is 21.5. The largest absolute Gasteiger partial charge is 0.493 e. The summed E-state index contributed by atoms with van der Waals surface area (Å²) >= 11 is 0. The molecule has 3 amide bonds. The molecule has 7 heteroatoms. The van der Waals surface area contributed by atoms with Crippen LogP contribution in [-0.4, -0.2) is 35.8 Å². The van der Waals surface area contributed by atoms with E-state index in [-0.39, 0.29) is 12.5 Å². The fourth-order valence-electron chi connectivity index (χ4n) is 5.70. The van der Waals surface area contributed by atoms with E-state index >= 15 is 0 Å². The molecule has 1 heterocycles. The lowest BCUT2D eigenvalue weighted by atomic mass is 9.87. The summed E-state index contributed by atoms with van der Waals surface area (Å²) in [5, 5.41) is 0. The third-order valence-electron chi connectivity index (χ3n) is 7.35. The van der Waals surface area contributed by atoms with Gasteiger partial charge in [-0.2, -0.15) is 0 Å². The van der Waals surface area contributed by atoms with Crippen molar-refractivity contribution in [3.63, 3.8) is 0 Å². The first-order valence-electron chi connectivity index (χ1n) is 11.6. The van der Waals surface area contributed by atoms with Crippen molar-refractivity contribution in [2.45, 2.75) is 50.7 Å². The maximum atomic E-state index is 13.1. The molecule has 4 atom stereocenters. The second-order valence-corrected chi connectivity index (χ2v) is 9.30.